The second-order valence-electron chi connectivity index (χ2n) is 10.3. The van der Waals surface area contributed by atoms with Crippen LogP contribution < -0.4 is 5.32 Å². The van der Waals surface area contributed by atoms with Crippen LogP contribution in [0.3, 0.4) is 0 Å². The van der Waals surface area contributed by atoms with E-state index in [0.717, 1.165) is 32.4 Å². The first-order valence-electron chi connectivity index (χ1n) is 11.0. The fourth-order valence-corrected chi connectivity index (χ4v) is 5.11. The molecule has 2 unspecified atom stereocenters. The van der Waals surface area contributed by atoms with E-state index in [0.29, 0.717) is 12.5 Å². The lowest BCUT2D eigenvalue weighted by molar-refractivity contribution is -0.137. The van der Waals surface area contributed by atoms with Gasteiger partial charge < -0.3 is 15.0 Å². The van der Waals surface area contributed by atoms with Crippen LogP contribution in [0.5, 0.6) is 0 Å². The Hall–Kier alpha value is -2.04. The minimum absolute atomic E-state index is 0.138. The van der Waals surface area contributed by atoms with Gasteiger partial charge in [0, 0.05) is 25.0 Å². The van der Waals surface area contributed by atoms with Gasteiger partial charge in [-0.1, -0.05) is 45.0 Å². The summed E-state index contributed by atoms with van der Waals surface area (Å²) < 4.78 is 5.21. The summed E-state index contributed by atoms with van der Waals surface area (Å²) in [6.07, 6.45) is 3.17. The van der Waals surface area contributed by atoms with Gasteiger partial charge >= 0.3 is 6.09 Å². The molecule has 29 heavy (non-hydrogen) atoms. The van der Waals surface area contributed by atoms with Gasteiger partial charge in [-0.05, 0) is 55.1 Å². The maximum Gasteiger partial charge on any atom is 0.407 e. The van der Waals surface area contributed by atoms with Gasteiger partial charge in [0.2, 0.25) is 5.91 Å². The lowest BCUT2D eigenvalue weighted by Gasteiger charge is -2.35. The van der Waals surface area contributed by atoms with E-state index in [1.165, 1.54) is 17.5 Å². The molecule has 1 N–H and O–H groups in total. The van der Waals surface area contributed by atoms with Gasteiger partial charge in [0.05, 0.1) is 5.92 Å². The third-order valence-corrected chi connectivity index (χ3v) is 7.19. The van der Waals surface area contributed by atoms with E-state index >= 15 is 0 Å². The lowest BCUT2D eigenvalue weighted by atomic mass is 9.81. The first-order valence-corrected chi connectivity index (χ1v) is 11.0. The third-order valence-electron chi connectivity index (χ3n) is 7.19. The first kappa shape index (κ1) is 20.2. The van der Waals surface area contributed by atoms with Crippen LogP contribution in [0.25, 0.3) is 0 Å². The molecule has 0 aromatic heterocycles. The van der Waals surface area contributed by atoms with Crippen LogP contribution in [0, 0.1) is 11.8 Å². The number of ether oxygens (including phenoxy) is 1. The molecular formula is C24H34N2O3. The van der Waals surface area contributed by atoms with Gasteiger partial charge in [-0.2, -0.15) is 0 Å². The average Bonchev–Trinajstić information content (AvgIpc) is 3.40. The van der Waals surface area contributed by atoms with Crippen LogP contribution in [0.4, 0.5) is 4.79 Å². The van der Waals surface area contributed by atoms with Crippen molar-refractivity contribution in [3.05, 3.63) is 35.4 Å². The molecule has 1 aromatic rings. The molecule has 2 saturated heterocycles. The van der Waals surface area contributed by atoms with Crippen molar-refractivity contribution in [2.75, 3.05) is 19.6 Å². The summed E-state index contributed by atoms with van der Waals surface area (Å²) in [4.78, 5) is 26.9. The quantitative estimate of drug-likeness (QED) is 0.819. The molecule has 0 spiro atoms. The monoisotopic (exact) mass is 398 g/mol. The Morgan fingerprint density at radius 1 is 1.28 bits per heavy atom. The van der Waals surface area contributed by atoms with E-state index in [-0.39, 0.29) is 28.8 Å². The number of carbonyl (C=O) groups is 2. The van der Waals surface area contributed by atoms with Crippen LogP contribution in [0.1, 0.15) is 64.5 Å². The Morgan fingerprint density at radius 3 is 2.79 bits per heavy atom. The fourth-order valence-electron chi connectivity index (χ4n) is 5.11. The Kier molecular flexibility index (Phi) is 5.12. The van der Waals surface area contributed by atoms with E-state index in [9.17, 15) is 9.59 Å². The van der Waals surface area contributed by atoms with Gasteiger partial charge in [-0.25, -0.2) is 4.79 Å². The van der Waals surface area contributed by atoms with Crippen molar-refractivity contribution in [2.45, 2.75) is 70.3 Å². The number of amides is 2. The summed E-state index contributed by atoms with van der Waals surface area (Å²) in [5.74, 6) is 0.616. The highest BCUT2D eigenvalue weighted by molar-refractivity contribution is 5.80. The summed E-state index contributed by atoms with van der Waals surface area (Å²) in [6, 6.07) is 9.09. The number of likely N-dealkylation sites (tertiary alicyclic amines) is 1. The number of hydrogen-bond donors (Lipinski definition) is 1. The molecule has 3 aliphatic rings. The second-order valence-corrected chi connectivity index (χ2v) is 10.3. The molecule has 2 heterocycles. The summed E-state index contributed by atoms with van der Waals surface area (Å²) in [5.41, 5.74) is 3.24. The molecule has 0 radical (unpaired) electrons. The molecule has 4 rings (SSSR count). The summed E-state index contributed by atoms with van der Waals surface area (Å²) in [6.45, 7) is 10.7. The number of benzene rings is 1. The maximum atomic E-state index is 13.2. The number of fused-ring (bicyclic) bond motifs is 1. The number of rotatable bonds is 2. The molecule has 5 heteroatoms. The van der Waals surface area contributed by atoms with Gasteiger partial charge in [0.15, 0.2) is 0 Å². The molecule has 5 nitrogen and oxygen atoms in total. The van der Waals surface area contributed by atoms with Gasteiger partial charge in [0.25, 0.3) is 0 Å². The molecule has 4 atom stereocenters. The van der Waals surface area contributed by atoms with Crippen molar-refractivity contribution in [1.82, 2.24) is 10.2 Å². The van der Waals surface area contributed by atoms with E-state index in [4.69, 9.17) is 4.74 Å². The van der Waals surface area contributed by atoms with E-state index in [2.05, 4.69) is 50.4 Å². The van der Waals surface area contributed by atoms with E-state index in [1.54, 1.807) is 0 Å². The van der Waals surface area contributed by atoms with E-state index < -0.39 is 6.09 Å². The highest BCUT2D eigenvalue weighted by atomic mass is 16.6. The van der Waals surface area contributed by atoms with Crippen molar-refractivity contribution in [1.29, 1.82) is 0 Å². The number of piperidine rings is 1. The zero-order chi connectivity index (χ0) is 20.8. The molecule has 158 valence electrons. The molecule has 1 aliphatic carbocycles. The highest BCUT2D eigenvalue weighted by Gasteiger charge is 2.58. The van der Waals surface area contributed by atoms with Crippen LogP contribution in [-0.2, 0) is 20.4 Å². The SMILES string of the molecule is C[C@@H]1CC[C@@H](C(=O)N2CCC3(c4cccc(C(C)(C)C)c4)CC3C2)CNC(=O)O1. The molecule has 2 amide bonds. The van der Waals surface area contributed by atoms with E-state index in [1.807, 2.05) is 11.8 Å². The highest BCUT2D eigenvalue weighted by Crippen LogP contribution is 2.59. The largest absolute Gasteiger partial charge is 0.447 e. The average molecular weight is 399 g/mol. The zero-order valence-corrected chi connectivity index (χ0v) is 18.2. The number of alkyl carbamates (subject to hydrolysis) is 1. The molecule has 0 bridgehead atoms. The molecule has 1 aromatic carbocycles. The summed E-state index contributed by atoms with van der Waals surface area (Å²) in [7, 11) is 0. The minimum Gasteiger partial charge on any atom is -0.447 e. The van der Waals surface area contributed by atoms with Crippen molar-refractivity contribution < 1.29 is 14.3 Å². The molecule has 3 fully saturated rings. The van der Waals surface area contributed by atoms with Crippen LogP contribution in [-0.4, -0.2) is 42.6 Å². The Labute approximate surface area is 174 Å². The summed E-state index contributed by atoms with van der Waals surface area (Å²) >= 11 is 0. The predicted molar refractivity (Wildman–Crippen MR) is 113 cm³/mol. The lowest BCUT2D eigenvalue weighted by Crippen LogP contribution is -2.47. The van der Waals surface area contributed by atoms with Crippen molar-refractivity contribution >= 4 is 12.0 Å². The smallest absolute Gasteiger partial charge is 0.407 e. The van der Waals surface area contributed by atoms with Crippen LogP contribution >= 0.6 is 0 Å². The molecule has 1 saturated carbocycles. The van der Waals surface area contributed by atoms with Crippen molar-refractivity contribution in [3.63, 3.8) is 0 Å². The standard InChI is InChI=1S/C24H34N2O3/c1-16-8-9-17(14-25-22(28)29-16)21(27)26-11-10-24(13-20(24)15-26)19-7-5-6-18(12-19)23(2,3)4/h5-7,12,16-17,20H,8-11,13-15H2,1-4H3,(H,25,28)/t16-,17-,20?,24?/m1/s1. The number of hydrogen-bond acceptors (Lipinski definition) is 3. The number of nitrogens with zero attached hydrogens (tertiary/aromatic N) is 1. The van der Waals surface area contributed by atoms with Crippen LogP contribution in [0.15, 0.2) is 24.3 Å². The number of cyclic esters (lactones) is 1. The zero-order valence-electron chi connectivity index (χ0n) is 18.2. The Morgan fingerprint density at radius 2 is 2.07 bits per heavy atom. The molecular weight excluding hydrogens is 364 g/mol. The summed E-state index contributed by atoms with van der Waals surface area (Å²) in [5, 5.41) is 2.75. The van der Waals surface area contributed by atoms with Gasteiger partial charge in [-0.15, -0.1) is 0 Å². The topological polar surface area (TPSA) is 58.6 Å². The van der Waals surface area contributed by atoms with Crippen molar-refractivity contribution in [2.24, 2.45) is 11.8 Å². The number of carbonyl (C=O) groups excluding carboxylic acids is 2. The Bertz CT molecular complexity index is 800. The maximum absolute atomic E-state index is 13.2. The Balaban J connectivity index is 1.42. The molecule has 2 aliphatic heterocycles. The normalized spacial score (nSPS) is 32.3. The van der Waals surface area contributed by atoms with Gasteiger partial charge in [-0.3, -0.25) is 4.79 Å². The fraction of sp³-hybridized carbons (Fsp3) is 0.667. The third kappa shape index (κ3) is 4.01. The second kappa shape index (κ2) is 7.33. The predicted octanol–water partition coefficient (Wildman–Crippen LogP) is 4.00. The van der Waals surface area contributed by atoms with Gasteiger partial charge in [0.1, 0.15) is 6.10 Å². The van der Waals surface area contributed by atoms with Crippen molar-refractivity contribution in [3.8, 4) is 0 Å². The van der Waals surface area contributed by atoms with Crippen LogP contribution in [0.2, 0.25) is 0 Å². The minimum atomic E-state index is -0.409. The first-order chi connectivity index (χ1) is 13.7. The number of nitrogens with one attached hydrogen (secondary N) is 1.